The van der Waals surface area contributed by atoms with Gasteiger partial charge in [-0.1, -0.05) is 98.8 Å². The highest BCUT2D eigenvalue weighted by Gasteiger charge is 2.30. The summed E-state index contributed by atoms with van der Waals surface area (Å²) < 4.78 is 22.2. The van der Waals surface area contributed by atoms with Crippen LogP contribution in [0.5, 0.6) is 0 Å². The Morgan fingerprint density at radius 2 is 1.10 bits per heavy atom. The van der Waals surface area contributed by atoms with Crippen LogP contribution in [0.2, 0.25) is 0 Å². The predicted molar refractivity (Wildman–Crippen MR) is 128 cm³/mol. The van der Waals surface area contributed by atoms with E-state index in [0.717, 1.165) is 64.2 Å². The van der Waals surface area contributed by atoms with Crippen LogP contribution in [0.1, 0.15) is 118 Å². The largest absolute Gasteiger partial charge is 0.328 e. The standard InChI is InChI=1S/C14H31O3P.C8H19O3P/c1-4-7-9-11-14(18(15,16)17)12-13(6-3)10-8-5-2;1-3-5-6-8(4-2)7-12(9,10)11/h13-14H,4-12H2,1-3H3,(H2,15,16,17);8H,3-7H2,1-2H3,(H2,9,10,11). The molecule has 0 heterocycles. The molecule has 0 aromatic rings. The molecule has 0 aliphatic heterocycles. The average Bonchev–Trinajstić information content (AvgIpc) is 2.65. The Morgan fingerprint density at radius 3 is 1.47 bits per heavy atom. The van der Waals surface area contributed by atoms with Crippen molar-refractivity contribution in [3.05, 3.63) is 0 Å². The van der Waals surface area contributed by atoms with E-state index in [0.29, 0.717) is 18.8 Å². The molecule has 0 aliphatic carbocycles. The van der Waals surface area contributed by atoms with E-state index < -0.39 is 20.9 Å². The van der Waals surface area contributed by atoms with Crippen LogP contribution in [0.4, 0.5) is 0 Å². The van der Waals surface area contributed by atoms with Crippen LogP contribution < -0.4 is 0 Å². The van der Waals surface area contributed by atoms with Crippen molar-refractivity contribution in [2.24, 2.45) is 11.8 Å². The molecule has 0 fully saturated rings. The van der Waals surface area contributed by atoms with Gasteiger partial charge in [-0.3, -0.25) is 9.13 Å². The van der Waals surface area contributed by atoms with Crippen LogP contribution in [-0.4, -0.2) is 31.4 Å². The van der Waals surface area contributed by atoms with E-state index >= 15 is 0 Å². The number of hydrogen-bond acceptors (Lipinski definition) is 2. The second-order valence-corrected chi connectivity index (χ2v) is 12.3. The third-order valence-corrected chi connectivity index (χ3v) is 8.22. The fraction of sp³-hybridized carbons (Fsp3) is 1.00. The summed E-state index contributed by atoms with van der Waals surface area (Å²) in [6.45, 7) is 10.5. The van der Waals surface area contributed by atoms with Gasteiger partial charge >= 0.3 is 15.2 Å². The number of hydrogen-bond donors (Lipinski definition) is 4. The summed E-state index contributed by atoms with van der Waals surface area (Å²) in [5.41, 5.74) is -0.411. The zero-order valence-electron chi connectivity index (χ0n) is 20.1. The van der Waals surface area contributed by atoms with Crippen molar-refractivity contribution in [1.82, 2.24) is 0 Å². The fourth-order valence-corrected chi connectivity index (χ4v) is 5.88. The van der Waals surface area contributed by atoms with Crippen LogP contribution in [0.3, 0.4) is 0 Å². The molecule has 0 saturated carbocycles. The second kappa shape index (κ2) is 18.8. The molecule has 184 valence electrons. The van der Waals surface area contributed by atoms with Crippen LogP contribution in [0.15, 0.2) is 0 Å². The second-order valence-electron chi connectivity index (χ2n) is 8.65. The summed E-state index contributed by atoms with van der Waals surface area (Å²) in [5, 5.41) is 0. The summed E-state index contributed by atoms with van der Waals surface area (Å²) >= 11 is 0. The predicted octanol–water partition coefficient (Wildman–Crippen LogP) is 7.10. The van der Waals surface area contributed by atoms with Crippen LogP contribution in [-0.2, 0) is 9.13 Å². The van der Waals surface area contributed by atoms with E-state index in [1.54, 1.807) is 0 Å². The zero-order valence-corrected chi connectivity index (χ0v) is 21.9. The molecular formula is C22H50O6P2. The molecule has 30 heavy (non-hydrogen) atoms. The van der Waals surface area contributed by atoms with Gasteiger partial charge in [0, 0.05) is 0 Å². The first-order valence-corrected chi connectivity index (χ1v) is 15.5. The van der Waals surface area contributed by atoms with Crippen LogP contribution >= 0.6 is 15.2 Å². The van der Waals surface area contributed by atoms with Crippen molar-refractivity contribution < 1.29 is 28.7 Å². The minimum atomic E-state index is -3.92. The minimum absolute atomic E-state index is 0.0590. The van der Waals surface area contributed by atoms with Crippen molar-refractivity contribution in [1.29, 1.82) is 0 Å². The highest BCUT2D eigenvalue weighted by molar-refractivity contribution is 7.52. The Kier molecular flexibility index (Phi) is 20.4. The lowest BCUT2D eigenvalue weighted by Crippen LogP contribution is -2.14. The summed E-state index contributed by atoms with van der Waals surface area (Å²) in [6.07, 6.45) is 13.0. The molecule has 3 atom stereocenters. The van der Waals surface area contributed by atoms with Gasteiger partial charge in [-0.05, 0) is 31.1 Å². The molecule has 0 bridgehead atoms. The molecule has 0 radical (unpaired) electrons. The monoisotopic (exact) mass is 472 g/mol. The SMILES string of the molecule is CCCCC(CC)CP(=O)(O)O.CCCCCC(CC(CC)CCCC)P(=O)(O)O. The highest BCUT2D eigenvalue weighted by Crippen LogP contribution is 2.47. The first-order chi connectivity index (χ1) is 13.9. The Labute approximate surface area is 186 Å². The third-order valence-electron chi connectivity index (χ3n) is 5.80. The maximum Gasteiger partial charge on any atom is 0.328 e. The highest BCUT2D eigenvalue weighted by atomic mass is 31.2. The van der Waals surface area contributed by atoms with Gasteiger partial charge in [-0.2, -0.15) is 0 Å². The van der Waals surface area contributed by atoms with E-state index in [2.05, 4.69) is 27.7 Å². The van der Waals surface area contributed by atoms with Crippen LogP contribution in [0.25, 0.3) is 0 Å². The maximum atomic E-state index is 11.5. The number of rotatable bonds is 17. The third kappa shape index (κ3) is 20.2. The lowest BCUT2D eigenvalue weighted by molar-refractivity contribution is 0.324. The molecule has 0 aliphatic rings. The van der Waals surface area contributed by atoms with E-state index in [1.807, 2.05) is 6.92 Å². The van der Waals surface area contributed by atoms with Crippen LogP contribution in [0, 0.1) is 11.8 Å². The molecule has 0 rings (SSSR count). The molecule has 6 nitrogen and oxygen atoms in total. The van der Waals surface area contributed by atoms with Gasteiger partial charge in [0.05, 0.1) is 11.8 Å². The number of unbranched alkanes of at least 4 members (excludes halogenated alkanes) is 4. The molecule has 0 spiro atoms. The maximum absolute atomic E-state index is 11.5. The summed E-state index contributed by atoms with van der Waals surface area (Å²) in [4.78, 5) is 36.4. The van der Waals surface area contributed by atoms with Gasteiger partial charge in [0.1, 0.15) is 0 Å². The van der Waals surface area contributed by atoms with Crippen molar-refractivity contribution in [2.75, 3.05) is 6.16 Å². The van der Waals surface area contributed by atoms with Crippen molar-refractivity contribution in [3.8, 4) is 0 Å². The first-order valence-electron chi connectivity index (χ1n) is 12.0. The first kappa shape index (κ1) is 32.5. The van der Waals surface area contributed by atoms with E-state index in [9.17, 15) is 18.9 Å². The lowest BCUT2D eigenvalue weighted by atomic mass is 9.92. The Balaban J connectivity index is 0. The Morgan fingerprint density at radius 1 is 0.633 bits per heavy atom. The molecule has 8 heteroatoms. The van der Waals surface area contributed by atoms with E-state index in [4.69, 9.17) is 9.79 Å². The average molecular weight is 473 g/mol. The molecule has 3 unspecified atom stereocenters. The molecule has 4 N–H and O–H groups in total. The molecule has 0 amide bonds. The van der Waals surface area contributed by atoms with Crippen molar-refractivity contribution in [3.63, 3.8) is 0 Å². The fourth-order valence-electron chi connectivity index (χ4n) is 3.67. The van der Waals surface area contributed by atoms with E-state index in [-0.39, 0.29) is 12.1 Å². The Bertz CT molecular complexity index is 474. The topological polar surface area (TPSA) is 115 Å². The van der Waals surface area contributed by atoms with Gasteiger partial charge in [0.2, 0.25) is 0 Å². The normalized spacial score (nSPS) is 15.2. The summed E-state index contributed by atoms with van der Waals surface area (Å²) in [6, 6.07) is 0. The summed E-state index contributed by atoms with van der Waals surface area (Å²) in [7, 11) is -7.69. The summed E-state index contributed by atoms with van der Waals surface area (Å²) in [5.74, 6) is 0.676. The molecule has 0 aromatic carbocycles. The minimum Gasteiger partial charge on any atom is -0.324 e. The Hall–Kier alpha value is 0.300. The van der Waals surface area contributed by atoms with Crippen molar-refractivity contribution in [2.45, 2.75) is 124 Å². The lowest BCUT2D eigenvalue weighted by Gasteiger charge is -2.23. The van der Waals surface area contributed by atoms with Gasteiger partial charge in [-0.25, -0.2) is 0 Å². The smallest absolute Gasteiger partial charge is 0.324 e. The molecular weight excluding hydrogens is 422 g/mol. The van der Waals surface area contributed by atoms with E-state index in [1.165, 1.54) is 6.42 Å². The van der Waals surface area contributed by atoms with Gasteiger partial charge in [-0.15, -0.1) is 0 Å². The van der Waals surface area contributed by atoms with Gasteiger partial charge < -0.3 is 19.6 Å². The molecule has 0 saturated heterocycles. The van der Waals surface area contributed by atoms with Gasteiger partial charge in [0.15, 0.2) is 0 Å². The van der Waals surface area contributed by atoms with Gasteiger partial charge in [0.25, 0.3) is 0 Å². The molecule has 0 aromatic heterocycles. The quantitative estimate of drug-likeness (QED) is 0.133. The zero-order chi connectivity index (χ0) is 23.6. The van der Waals surface area contributed by atoms with Crippen molar-refractivity contribution >= 4 is 15.2 Å².